The predicted molar refractivity (Wildman–Crippen MR) is 67.9 cm³/mol. The lowest BCUT2D eigenvalue weighted by atomic mass is 10.1. The third kappa shape index (κ3) is 9.09. The maximum atomic E-state index is 5.40. The molecule has 0 amide bonds. The topological polar surface area (TPSA) is 42.5 Å². The maximum Gasteiger partial charge on any atom is 0.0750 e. The van der Waals surface area contributed by atoms with Crippen molar-refractivity contribution in [1.82, 2.24) is 10.6 Å². The van der Waals surface area contributed by atoms with E-state index in [9.17, 15) is 0 Å². The van der Waals surface area contributed by atoms with Gasteiger partial charge in [0.1, 0.15) is 0 Å². The van der Waals surface area contributed by atoms with Crippen LogP contribution in [0.3, 0.4) is 0 Å². The zero-order valence-corrected chi connectivity index (χ0v) is 11.3. The molecule has 0 spiro atoms. The minimum atomic E-state index is 0.0677. The first kappa shape index (κ1) is 15.8. The van der Waals surface area contributed by atoms with Crippen LogP contribution in [0.25, 0.3) is 0 Å². The Morgan fingerprint density at radius 2 is 1.44 bits per heavy atom. The van der Waals surface area contributed by atoms with Gasteiger partial charge in [0, 0.05) is 26.2 Å². The van der Waals surface area contributed by atoms with Crippen LogP contribution in [0.15, 0.2) is 0 Å². The van der Waals surface area contributed by atoms with Gasteiger partial charge in [0.15, 0.2) is 0 Å². The van der Waals surface area contributed by atoms with E-state index < -0.39 is 0 Å². The molecule has 2 saturated heterocycles. The predicted octanol–water partition coefficient (Wildman–Crippen LogP) is 1.02. The van der Waals surface area contributed by atoms with Gasteiger partial charge >= 0.3 is 0 Å². The average molecular weight is 232 g/mol. The monoisotopic (exact) mass is 232 g/mol. The van der Waals surface area contributed by atoms with Crippen LogP contribution in [-0.2, 0) is 9.47 Å². The number of ether oxygens (including phenoxy) is 2. The first-order valence-corrected chi connectivity index (χ1v) is 6.34. The summed E-state index contributed by atoms with van der Waals surface area (Å²) in [6.07, 6.45) is 0. The van der Waals surface area contributed by atoms with E-state index in [1.54, 1.807) is 0 Å². The molecule has 0 aromatic rings. The average Bonchev–Trinajstić information content (AvgIpc) is 2.34. The summed E-state index contributed by atoms with van der Waals surface area (Å²) in [7, 11) is 0. The lowest BCUT2D eigenvalue weighted by molar-refractivity contribution is -0.0384. The highest BCUT2D eigenvalue weighted by Crippen LogP contribution is 2.08. The van der Waals surface area contributed by atoms with Crippen LogP contribution in [-0.4, -0.2) is 51.6 Å². The van der Waals surface area contributed by atoms with Crippen molar-refractivity contribution in [1.29, 1.82) is 0 Å². The Morgan fingerprint density at radius 1 is 0.875 bits per heavy atom. The van der Waals surface area contributed by atoms with Crippen molar-refractivity contribution in [2.75, 3.05) is 46.0 Å². The SMILES string of the molecule is C1COCCN1.CC.CC1(C)CNCCO1. The molecule has 2 N–H and O–H groups in total. The Bertz CT molecular complexity index is 128. The van der Waals surface area contributed by atoms with Gasteiger partial charge in [0.05, 0.1) is 25.4 Å². The molecule has 0 bridgehead atoms. The molecule has 2 heterocycles. The number of nitrogens with one attached hydrogen (secondary N) is 2. The summed E-state index contributed by atoms with van der Waals surface area (Å²) < 4.78 is 10.4. The van der Waals surface area contributed by atoms with Crippen molar-refractivity contribution in [2.24, 2.45) is 0 Å². The third-order valence-electron chi connectivity index (χ3n) is 2.17. The second-order valence-corrected chi connectivity index (χ2v) is 4.15. The molecular formula is C12H28N2O2. The van der Waals surface area contributed by atoms with Crippen molar-refractivity contribution in [3.05, 3.63) is 0 Å². The van der Waals surface area contributed by atoms with Crippen LogP contribution in [0.1, 0.15) is 27.7 Å². The summed E-state index contributed by atoms with van der Waals surface area (Å²) in [4.78, 5) is 0. The molecule has 16 heavy (non-hydrogen) atoms. The van der Waals surface area contributed by atoms with Gasteiger partial charge in [-0.05, 0) is 13.8 Å². The fraction of sp³-hybridized carbons (Fsp3) is 1.00. The smallest absolute Gasteiger partial charge is 0.0750 e. The van der Waals surface area contributed by atoms with Gasteiger partial charge in [-0.15, -0.1) is 0 Å². The summed E-state index contributed by atoms with van der Waals surface area (Å²) in [6.45, 7) is 14.9. The van der Waals surface area contributed by atoms with E-state index in [0.29, 0.717) is 0 Å². The summed E-state index contributed by atoms with van der Waals surface area (Å²) in [5, 5.41) is 6.41. The third-order valence-corrected chi connectivity index (χ3v) is 2.17. The summed E-state index contributed by atoms with van der Waals surface area (Å²) in [5.41, 5.74) is 0.0677. The fourth-order valence-electron chi connectivity index (χ4n) is 1.36. The quantitative estimate of drug-likeness (QED) is 0.654. The van der Waals surface area contributed by atoms with Gasteiger partial charge < -0.3 is 20.1 Å². The maximum absolute atomic E-state index is 5.40. The molecule has 2 rings (SSSR count). The van der Waals surface area contributed by atoms with E-state index >= 15 is 0 Å². The number of rotatable bonds is 0. The highest BCUT2D eigenvalue weighted by Gasteiger charge is 2.20. The summed E-state index contributed by atoms with van der Waals surface area (Å²) in [6, 6.07) is 0. The van der Waals surface area contributed by atoms with Crippen molar-refractivity contribution in [3.8, 4) is 0 Å². The van der Waals surface area contributed by atoms with Crippen LogP contribution in [0.2, 0.25) is 0 Å². The highest BCUT2D eigenvalue weighted by molar-refractivity contribution is 4.75. The molecule has 98 valence electrons. The molecule has 0 aromatic heterocycles. The molecule has 0 aliphatic carbocycles. The first-order chi connectivity index (χ1) is 7.71. The Balaban J connectivity index is 0.000000251. The lowest BCUT2D eigenvalue weighted by Gasteiger charge is -2.30. The Hall–Kier alpha value is -0.160. The molecule has 4 nitrogen and oxygen atoms in total. The molecule has 0 radical (unpaired) electrons. The Morgan fingerprint density at radius 3 is 1.62 bits per heavy atom. The number of hydrogen-bond acceptors (Lipinski definition) is 4. The molecule has 0 saturated carbocycles. The number of morpholine rings is 2. The standard InChI is InChI=1S/C6H13NO.C4H9NO.C2H6/c1-6(2)5-7-3-4-8-6;1-3-6-4-2-5-1;1-2/h7H,3-5H2,1-2H3;5H,1-4H2;1-2H3. The highest BCUT2D eigenvalue weighted by atomic mass is 16.5. The Kier molecular flexibility index (Phi) is 9.92. The van der Waals surface area contributed by atoms with E-state index in [0.717, 1.165) is 46.0 Å². The summed E-state index contributed by atoms with van der Waals surface area (Å²) >= 11 is 0. The van der Waals surface area contributed by atoms with Crippen molar-refractivity contribution in [3.63, 3.8) is 0 Å². The largest absolute Gasteiger partial charge is 0.379 e. The van der Waals surface area contributed by atoms with Gasteiger partial charge in [-0.3, -0.25) is 0 Å². The normalized spacial score (nSPS) is 23.2. The van der Waals surface area contributed by atoms with E-state index in [4.69, 9.17) is 9.47 Å². The number of hydrogen-bond donors (Lipinski definition) is 2. The van der Waals surface area contributed by atoms with Gasteiger partial charge in [-0.1, -0.05) is 13.8 Å². The van der Waals surface area contributed by atoms with Crippen LogP contribution in [0, 0.1) is 0 Å². The molecule has 2 fully saturated rings. The van der Waals surface area contributed by atoms with E-state index in [-0.39, 0.29) is 5.60 Å². The molecule has 4 heteroatoms. The van der Waals surface area contributed by atoms with Crippen LogP contribution >= 0.6 is 0 Å². The second-order valence-electron chi connectivity index (χ2n) is 4.15. The molecule has 0 aromatic carbocycles. The second kappa shape index (κ2) is 10.0. The molecular weight excluding hydrogens is 204 g/mol. The molecule has 0 unspecified atom stereocenters. The van der Waals surface area contributed by atoms with Gasteiger partial charge in [0.25, 0.3) is 0 Å². The van der Waals surface area contributed by atoms with Crippen molar-refractivity contribution < 1.29 is 9.47 Å². The zero-order chi connectivity index (χ0) is 12.3. The lowest BCUT2D eigenvalue weighted by Crippen LogP contribution is -2.45. The minimum absolute atomic E-state index is 0.0677. The van der Waals surface area contributed by atoms with Crippen LogP contribution < -0.4 is 10.6 Å². The Labute approximate surface area is 100 Å². The zero-order valence-electron chi connectivity index (χ0n) is 11.3. The van der Waals surface area contributed by atoms with Crippen LogP contribution in [0.4, 0.5) is 0 Å². The van der Waals surface area contributed by atoms with Gasteiger partial charge in [-0.2, -0.15) is 0 Å². The fourth-order valence-corrected chi connectivity index (χ4v) is 1.36. The van der Waals surface area contributed by atoms with Crippen molar-refractivity contribution >= 4 is 0 Å². The molecule has 2 aliphatic rings. The first-order valence-electron chi connectivity index (χ1n) is 6.34. The van der Waals surface area contributed by atoms with E-state index in [2.05, 4.69) is 24.5 Å². The van der Waals surface area contributed by atoms with Gasteiger partial charge in [0.2, 0.25) is 0 Å². The molecule has 2 aliphatic heterocycles. The van der Waals surface area contributed by atoms with E-state index in [1.165, 1.54) is 0 Å². The van der Waals surface area contributed by atoms with Crippen LogP contribution in [0.5, 0.6) is 0 Å². The van der Waals surface area contributed by atoms with Crippen molar-refractivity contribution in [2.45, 2.75) is 33.3 Å². The minimum Gasteiger partial charge on any atom is -0.379 e. The van der Waals surface area contributed by atoms with Gasteiger partial charge in [-0.25, -0.2) is 0 Å². The molecule has 0 atom stereocenters. The summed E-state index contributed by atoms with van der Waals surface area (Å²) in [5.74, 6) is 0. The van der Waals surface area contributed by atoms with E-state index in [1.807, 2.05) is 13.8 Å².